The van der Waals surface area contributed by atoms with Crippen LogP contribution >= 0.6 is 58.0 Å². The molecule has 0 aliphatic heterocycles. The minimum atomic E-state index is 0.0863. The van der Waals surface area contributed by atoms with Crippen LogP contribution in [-0.2, 0) is 13.0 Å². The van der Waals surface area contributed by atoms with E-state index >= 15 is 0 Å². The molecule has 0 aliphatic carbocycles. The van der Waals surface area contributed by atoms with Crippen LogP contribution in [0, 0.1) is 0 Å². The van der Waals surface area contributed by atoms with Crippen LogP contribution in [0.4, 0.5) is 0 Å². The van der Waals surface area contributed by atoms with Gasteiger partial charge in [-0.25, -0.2) is 0 Å². The molecule has 0 saturated heterocycles. The topological polar surface area (TPSA) is 44.5 Å². The number of hydrogen-bond acceptors (Lipinski definition) is 3. The second kappa shape index (κ2) is 8.70. The third kappa shape index (κ3) is 4.16. The molecular formula is C16H14Cl5NO2. The van der Waals surface area contributed by atoms with Gasteiger partial charge in [0, 0.05) is 5.56 Å². The summed E-state index contributed by atoms with van der Waals surface area (Å²) < 4.78 is 11.1. The average Bonchev–Trinajstić information content (AvgIpc) is 2.58. The van der Waals surface area contributed by atoms with E-state index in [1.165, 1.54) is 0 Å². The van der Waals surface area contributed by atoms with Crippen molar-refractivity contribution in [2.75, 3.05) is 13.7 Å². The second-order valence-electron chi connectivity index (χ2n) is 4.87. The van der Waals surface area contributed by atoms with Crippen LogP contribution in [-0.4, -0.2) is 13.7 Å². The molecule has 3 nitrogen and oxygen atoms in total. The van der Waals surface area contributed by atoms with Crippen molar-refractivity contribution in [2.45, 2.75) is 13.0 Å². The highest BCUT2D eigenvalue weighted by Crippen LogP contribution is 2.48. The van der Waals surface area contributed by atoms with Gasteiger partial charge in [-0.05, 0) is 30.7 Å². The SMILES string of the molecule is COc1ccc(CCN)cc1COc1c(Cl)c(Cl)c(Cl)c(Cl)c1Cl. The Hall–Kier alpha value is -0.550. The van der Waals surface area contributed by atoms with Crippen LogP contribution in [0.3, 0.4) is 0 Å². The van der Waals surface area contributed by atoms with Gasteiger partial charge in [0.1, 0.15) is 22.4 Å². The van der Waals surface area contributed by atoms with Crippen molar-refractivity contribution >= 4 is 58.0 Å². The molecule has 0 aromatic heterocycles. The first-order valence-corrected chi connectivity index (χ1v) is 8.79. The molecule has 0 aliphatic rings. The minimum Gasteiger partial charge on any atom is -0.496 e. The van der Waals surface area contributed by atoms with E-state index in [1.54, 1.807) is 7.11 Å². The molecule has 0 spiro atoms. The molecule has 0 fully saturated rings. The number of nitrogens with two attached hydrogens (primary N) is 1. The van der Waals surface area contributed by atoms with Crippen LogP contribution in [0.25, 0.3) is 0 Å². The highest BCUT2D eigenvalue weighted by Gasteiger charge is 2.21. The summed E-state index contributed by atoms with van der Waals surface area (Å²) in [6.07, 6.45) is 0.747. The summed E-state index contributed by atoms with van der Waals surface area (Å²) in [5.74, 6) is 0.846. The Bertz CT molecular complexity index is 723. The number of benzene rings is 2. The van der Waals surface area contributed by atoms with Crippen LogP contribution < -0.4 is 15.2 Å². The van der Waals surface area contributed by atoms with Crippen LogP contribution in [0.2, 0.25) is 25.1 Å². The number of hydrogen-bond donors (Lipinski definition) is 1. The zero-order valence-corrected chi connectivity index (χ0v) is 16.4. The largest absolute Gasteiger partial charge is 0.496 e. The van der Waals surface area contributed by atoms with E-state index in [0.29, 0.717) is 12.3 Å². The standard InChI is InChI=1S/C16H14Cl5NO2/c1-23-10-3-2-8(4-5-22)6-9(10)7-24-16-14(20)12(18)11(17)13(19)15(16)21/h2-3,6H,4-5,7,22H2,1H3. The molecule has 0 saturated carbocycles. The smallest absolute Gasteiger partial charge is 0.160 e. The summed E-state index contributed by atoms with van der Waals surface area (Å²) in [6, 6.07) is 5.76. The molecule has 0 amide bonds. The summed E-state index contributed by atoms with van der Waals surface area (Å²) in [5, 5.41) is 0.475. The lowest BCUT2D eigenvalue weighted by Gasteiger charge is -2.15. The number of halogens is 5. The van der Waals surface area contributed by atoms with E-state index in [-0.39, 0.29) is 37.5 Å². The molecule has 24 heavy (non-hydrogen) atoms. The van der Waals surface area contributed by atoms with Crippen molar-refractivity contribution in [3.8, 4) is 11.5 Å². The zero-order valence-electron chi connectivity index (χ0n) is 12.6. The molecule has 2 aromatic carbocycles. The minimum absolute atomic E-state index is 0.0863. The van der Waals surface area contributed by atoms with Crippen LogP contribution in [0.5, 0.6) is 11.5 Å². The fourth-order valence-electron chi connectivity index (χ4n) is 2.13. The monoisotopic (exact) mass is 427 g/mol. The normalized spacial score (nSPS) is 10.8. The van der Waals surface area contributed by atoms with Gasteiger partial charge in [-0.3, -0.25) is 0 Å². The number of ether oxygens (including phenoxy) is 2. The molecule has 2 rings (SSSR count). The Morgan fingerprint density at radius 1 is 0.917 bits per heavy atom. The maximum Gasteiger partial charge on any atom is 0.160 e. The zero-order chi connectivity index (χ0) is 17.9. The van der Waals surface area contributed by atoms with Crippen molar-refractivity contribution in [1.82, 2.24) is 0 Å². The Morgan fingerprint density at radius 2 is 1.50 bits per heavy atom. The molecule has 8 heteroatoms. The van der Waals surface area contributed by atoms with Gasteiger partial charge in [-0.2, -0.15) is 0 Å². The fourth-order valence-corrected chi connectivity index (χ4v) is 3.36. The van der Waals surface area contributed by atoms with Crippen molar-refractivity contribution in [3.63, 3.8) is 0 Å². The predicted octanol–water partition coefficient (Wildman–Crippen LogP) is 6.04. The van der Waals surface area contributed by atoms with Gasteiger partial charge in [0.2, 0.25) is 0 Å². The highest BCUT2D eigenvalue weighted by atomic mass is 35.5. The Kier molecular flexibility index (Phi) is 7.17. The molecule has 130 valence electrons. The molecule has 0 atom stereocenters. The van der Waals surface area contributed by atoms with Gasteiger partial charge in [0.05, 0.1) is 22.2 Å². The van der Waals surface area contributed by atoms with Crippen molar-refractivity contribution in [2.24, 2.45) is 5.73 Å². The first-order chi connectivity index (χ1) is 11.4. The van der Waals surface area contributed by atoms with E-state index in [0.717, 1.165) is 17.5 Å². The third-order valence-electron chi connectivity index (χ3n) is 3.32. The van der Waals surface area contributed by atoms with Crippen LogP contribution in [0.1, 0.15) is 11.1 Å². The quantitative estimate of drug-likeness (QED) is 0.450. The summed E-state index contributed by atoms with van der Waals surface area (Å²) in [6.45, 7) is 0.710. The molecule has 0 radical (unpaired) electrons. The summed E-state index contributed by atoms with van der Waals surface area (Å²) in [5.41, 5.74) is 7.48. The van der Waals surface area contributed by atoms with Gasteiger partial charge in [-0.1, -0.05) is 64.1 Å². The summed E-state index contributed by atoms with van der Waals surface area (Å²) >= 11 is 30.4. The third-order valence-corrected chi connectivity index (χ3v) is 5.56. The van der Waals surface area contributed by atoms with Crippen LogP contribution in [0.15, 0.2) is 18.2 Å². The first-order valence-electron chi connectivity index (χ1n) is 6.90. The second-order valence-corrected chi connectivity index (χ2v) is 6.76. The van der Waals surface area contributed by atoms with Gasteiger partial charge >= 0.3 is 0 Å². The lowest BCUT2D eigenvalue weighted by molar-refractivity contribution is 0.297. The van der Waals surface area contributed by atoms with Gasteiger partial charge in [0.25, 0.3) is 0 Å². The number of rotatable bonds is 6. The molecular weight excluding hydrogens is 415 g/mol. The average molecular weight is 430 g/mol. The van der Waals surface area contributed by atoms with E-state index in [4.69, 9.17) is 73.2 Å². The van der Waals surface area contributed by atoms with Gasteiger partial charge in [-0.15, -0.1) is 0 Å². The Labute approximate surface area is 165 Å². The lowest BCUT2D eigenvalue weighted by Crippen LogP contribution is -2.05. The Morgan fingerprint density at radius 3 is 2.04 bits per heavy atom. The lowest BCUT2D eigenvalue weighted by atomic mass is 10.1. The molecule has 0 bridgehead atoms. The first kappa shape index (κ1) is 19.8. The van der Waals surface area contributed by atoms with Crippen molar-refractivity contribution in [1.29, 1.82) is 0 Å². The Balaban J connectivity index is 2.33. The van der Waals surface area contributed by atoms with Crippen molar-refractivity contribution < 1.29 is 9.47 Å². The maximum atomic E-state index is 6.16. The maximum absolute atomic E-state index is 6.16. The molecule has 0 heterocycles. The van der Waals surface area contributed by atoms with Gasteiger partial charge in [0.15, 0.2) is 5.75 Å². The highest BCUT2D eigenvalue weighted by molar-refractivity contribution is 6.55. The fraction of sp³-hybridized carbons (Fsp3) is 0.250. The molecule has 2 N–H and O–H groups in total. The summed E-state index contributed by atoms with van der Waals surface area (Å²) in [7, 11) is 1.58. The van der Waals surface area contributed by atoms with E-state index in [9.17, 15) is 0 Å². The van der Waals surface area contributed by atoms with E-state index in [1.807, 2.05) is 18.2 Å². The predicted molar refractivity (Wildman–Crippen MR) is 102 cm³/mol. The summed E-state index contributed by atoms with van der Waals surface area (Å²) in [4.78, 5) is 0. The molecule has 0 unspecified atom stereocenters. The molecule has 2 aromatic rings. The van der Waals surface area contributed by atoms with E-state index < -0.39 is 0 Å². The van der Waals surface area contributed by atoms with Crippen molar-refractivity contribution in [3.05, 3.63) is 54.4 Å². The number of methoxy groups -OCH3 is 1. The van der Waals surface area contributed by atoms with Gasteiger partial charge < -0.3 is 15.2 Å². The van der Waals surface area contributed by atoms with E-state index in [2.05, 4.69) is 0 Å².